The molecule has 0 saturated heterocycles. The topological polar surface area (TPSA) is 45.2 Å². The van der Waals surface area contributed by atoms with Crippen molar-refractivity contribution >= 4 is 10.9 Å². The highest BCUT2D eigenvalue weighted by atomic mass is 19.4. The second-order valence-electron chi connectivity index (χ2n) is 8.39. The molecule has 0 aliphatic rings. The van der Waals surface area contributed by atoms with Crippen molar-refractivity contribution in [3.63, 3.8) is 0 Å². The smallest absolute Gasteiger partial charge is 0.417 e. The average molecular weight is 423 g/mol. The van der Waals surface area contributed by atoms with Gasteiger partial charge in [0.15, 0.2) is 5.60 Å². The first kappa shape index (κ1) is 22.2. The Morgan fingerprint density at radius 2 is 1.73 bits per heavy atom. The zero-order valence-corrected chi connectivity index (χ0v) is 17.3. The number of aryl methyl sites for hydroxylation is 1. The molecule has 2 N–H and O–H groups in total. The Bertz CT molecular complexity index is 1060. The normalized spacial score (nSPS) is 14.7. The third kappa shape index (κ3) is 4.03. The van der Waals surface area contributed by atoms with Crippen molar-refractivity contribution in [2.75, 3.05) is 7.11 Å². The number of aromatic nitrogens is 1. The van der Waals surface area contributed by atoms with Crippen LogP contribution in [-0.4, -0.2) is 29.0 Å². The van der Waals surface area contributed by atoms with E-state index in [2.05, 4.69) is 4.98 Å². The van der Waals surface area contributed by atoms with E-state index in [1.54, 1.807) is 32.9 Å². The van der Waals surface area contributed by atoms with Crippen molar-refractivity contribution in [3.05, 3.63) is 65.1 Å². The Morgan fingerprint density at radius 3 is 2.33 bits per heavy atom. The molecule has 0 aliphatic heterocycles. The van der Waals surface area contributed by atoms with Gasteiger partial charge in [-0.05, 0) is 48.6 Å². The molecule has 0 saturated carbocycles. The summed E-state index contributed by atoms with van der Waals surface area (Å²) in [4.78, 5) is 3.00. The summed E-state index contributed by atoms with van der Waals surface area (Å²) in [6.07, 6.45) is -6.20. The van der Waals surface area contributed by atoms with Gasteiger partial charge in [-0.1, -0.05) is 32.0 Å². The molecule has 0 radical (unpaired) electrons. The van der Waals surface area contributed by atoms with E-state index in [-0.39, 0.29) is 11.3 Å². The second kappa shape index (κ2) is 7.61. The standard InChI is InChI=1S/C23H25F4NO2/c1-14-16-7-5-6-8-18(16)28-19(14)12-22(29,23(25,26)27)13-21(2,3)17-11-15(24)9-10-20(17)30-4/h5-11,28-29H,12-13H2,1-4H3. The van der Waals surface area contributed by atoms with Crippen molar-refractivity contribution in [3.8, 4) is 5.75 Å². The second-order valence-corrected chi connectivity index (χ2v) is 8.39. The van der Waals surface area contributed by atoms with Gasteiger partial charge in [0, 0.05) is 28.6 Å². The summed E-state index contributed by atoms with van der Waals surface area (Å²) in [5, 5.41) is 11.7. The number of aliphatic hydroxyl groups is 1. The number of nitrogens with one attached hydrogen (secondary N) is 1. The molecule has 3 nitrogen and oxygen atoms in total. The first-order chi connectivity index (χ1) is 13.9. The largest absolute Gasteiger partial charge is 0.496 e. The number of fused-ring (bicyclic) bond motifs is 1. The molecule has 7 heteroatoms. The van der Waals surface area contributed by atoms with Crippen molar-refractivity contribution in [2.24, 2.45) is 0 Å². The molecule has 0 aliphatic carbocycles. The zero-order valence-electron chi connectivity index (χ0n) is 17.3. The van der Waals surface area contributed by atoms with Crippen LogP contribution >= 0.6 is 0 Å². The lowest BCUT2D eigenvalue weighted by atomic mass is 9.73. The maximum absolute atomic E-state index is 14.1. The van der Waals surface area contributed by atoms with E-state index >= 15 is 0 Å². The van der Waals surface area contributed by atoms with Gasteiger partial charge in [0.05, 0.1) is 7.11 Å². The van der Waals surface area contributed by atoms with Crippen molar-refractivity contribution in [2.45, 2.75) is 50.8 Å². The number of para-hydroxylation sites is 1. The predicted molar refractivity (Wildman–Crippen MR) is 108 cm³/mol. The van der Waals surface area contributed by atoms with Gasteiger partial charge in [-0.25, -0.2) is 4.39 Å². The molecule has 1 atom stereocenters. The first-order valence-corrected chi connectivity index (χ1v) is 9.57. The number of halogens is 4. The number of alkyl halides is 3. The summed E-state index contributed by atoms with van der Waals surface area (Å²) in [5.41, 5.74) is -2.30. The predicted octanol–water partition coefficient (Wildman–Crippen LogP) is 5.83. The van der Waals surface area contributed by atoms with Gasteiger partial charge in [0.2, 0.25) is 0 Å². The van der Waals surface area contributed by atoms with Crippen molar-refractivity contribution < 1.29 is 27.4 Å². The SMILES string of the molecule is COc1ccc(F)cc1C(C)(C)CC(O)(Cc1[nH]c2ccccc2c1C)C(F)(F)F. The summed E-state index contributed by atoms with van der Waals surface area (Å²) in [5.74, 6) is -0.311. The number of methoxy groups -OCH3 is 1. The molecule has 0 bridgehead atoms. The van der Waals surface area contributed by atoms with Gasteiger partial charge in [-0.15, -0.1) is 0 Å². The fourth-order valence-corrected chi connectivity index (χ4v) is 4.11. The number of rotatable bonds is 6. The van der Waals surface area contributed by atoms with Crippen molar-refractivity contribution in [1.82, 2.24) is 4.98 Å². The summed E-state index contributed by atoms with van der Waals surface area (Å²) in [7, 11) is 1.37. The number of hydrogen-bond acceptors (Lipinski definition) is 2. The molecule has 0 fully saturated rings. The Morgan fingerprint density at radius 1 is 1.07 bits per heavy atom. The number of hydrogen-bond donors (Lipinski definition) is 2. The quantitative estimate of drug-likeness (QED) is 0.490. The summed E-state index contributed by atoms with van der Waals surface area (Å²) in [6, 6.07) is 10.9. The summed E-state index contributed by atoms with van der Waals surface area (Å²) < 4.78 is 61.4. The van der Waals surface area contributed by atoms with Crippen LogP contribution in [0.1, 0.15) is 37.1 Å². The van der Waals surface area contributed by atoms with Crippen LogP contribution in [0.2, 0.25) is 0 Å². The van der Waals surface area contributed by atoms with Crippen LogP contribution in [0.15, 0.2) is 42.5 Å². The highest BCUT2D eigenvalue weighted by Crippen LogP contribution is 2.45. The fraction of sp³-hybridized carbons (Fsp3) is 0.391. The molecule has 0 spiro atoms. The molecule has 30 heavy (non-hydrogen) atoms. The van der Waals surface area contributed by atoms with E-state index in [1.165, 1.54) is 19.2 Å². The minimum Gasteiger partial charge on any atom is -0.496 e. The van der Waals surface area contributed by atoms with Crippen LogP contribution in [0.5, 0.6) is 5.75 Å². The third-order valence-corrected chi connectivity index (χ3v) is 5.69. The average Bonchev–Trinajstić information content (AvgIpc) is 2.96. The molecule has 1 aromatic heterocycles. The number of H-pyrrole nitrogens is 1. The lowest BCUT2D eigenvalue weighted by Gasteiger charge is -2.38. The molecule has 1 unspecified atom stereocenters. The maximum atomic E-state index is 14.1. The molecular formula is C23H25F4NO2. The minimum absolute atomic E-state index is 0.265. The first-order valence-electron chi connectivity index (χ1n) is 9.57. The van der Waals surface area contributed by atoms with Gasteiger partial charge in [0.25, 0.3) is 0 Å². The Labute approximate surface area is 172 Å². The van der Waals surface area contributed by atoms with Crippen LogP contribution in [0.25, 0.3) is 10.9 Å². The minimum atomic E-state index is -4.89. The number of ether oxygens (including phenoxy) is 1. The van der Waals surface area contributed by atoms with E-state index in [0.717, 1.165) is 11.5 Å². The van der Waals surface area contributed by atoms with Crippen molar-refractivity contribution in [1.29, 1.82) is 0 Å². The molecule has 1 heterocycles. The van der Waals surface area contributed by atoms with Crippen LogP contribution in [0.3, 0.4) is 0 Å². The van der Waals surface area contributed by atoms with Gasteiger partial charge < -0.3 is 14.8 Å². The number of benzene rings is 2. The van der Waals surface area contributed by atoms with E-state index < -0.39 is 35.9 Å². The third-order valence-electron chi connectivity index (χ3n) is 5.69. The van der Waals surface area contributed by atoms with Gasteiger partial charge in [-0.3, -0.25) is 0 Å². The summed E-state index contributed by atoms with van der Waals surface area (Å²) in [6.45, 7) is 4.81. The maximum Gasteiger partial charge on any atom is 0.417 e. The lowest BCUT2D eigenvalue weighted by molar-refractivity contribution is -0.266. The van der Waals surface area contributed by atoms with Crippen LogP contribution in [0, 0.1) is 12.7 Å². The lowest BCUT2D eigenvalue weighted by Crippen LogP contribution is -2.51. The van der Waals surface area contributed by atoms with Crippen LogP contribution in [0.4, 0.5) is 17.6 Å². The molecular weight excluding hydrogens is 398 g/mol. The Kier molecular flexibility index (Phi) is 5.62. The van der Waals surface area contributed by atoms with Gasteiger partial charge >= 0.3 is 6.18 Å². The van der Waals surface area contributed by atoms with E-state index in [0.29, 0.717) is 16.8 Å². The van der Waals surface area contributed by atoms with Crippen LogP contribution < -0.4 is 4.74 Å². The molecule has 3 rings (SSSR count). The van der Waals surface area contributed by atoms with Gasteiger partial charge in [-0.2, -0.15) is 13.2 Å². The fourth-order valence-electron chi connectivity index (χ4n) is 4.11. The highest BCUT2D eigenvalue weighted by Gasteiger charge is 2.56. The van der Waals surface area contributed by atoms with E-state index in [9.17, 15) is 22.7 Å². The molecule has 2 aromatic carbocycles. The van der Waals surface area contributed by atoms with Gasteiger partial charge in [0.1, 0.15) is 11.6 Å². The Balaban J connectivity index is 2.03. The monoisotopic (exact) mass is 423 g/mol. The molecule has 162 valence electrons. The highest BCUT2D eigenvalue weighted by molar-refractivity contribution is 5.84. The Hall–Kier alpha value is -2.54. The number of aromatic amines is 1. The van der Waals surface area contributed by atoms with E-state index in [1.807, 2.05) is 12.1 Å². The summed E-state index contributed by atoms with van der Waals surface area (Å²) >= 11 is 0. The molecule has 0 amide bonds. The van der Waals surface area contributed by atoms with E-state index in [4.69, 9.17) is 4.74 Å². The molecule has 3 aromatic rings. The van der Waals surface area contributed by atoms with Crippen LogP contribution in [-0.2, 0) is 11.8 Å². The zero-order chi connectivity index (χ0) is 22.3.